The van der Waals surface area contributed by atoms with Crippen LogP contribution in [0.1, 0.15) is 5.56 Å². The fourth-order valence-corrected chi connectivity index (χ4v) is 3.07. The van der Waals surface area contributed by atoms with E-state index in [1.165, 1.54) is 0 Å². The van der Waals surface area contributed by atoms with E-state index in [0.717, 1.165) is 11.1 Å². The Bertz CT molecular complexity index is 1160. The van der Waals surface area contributed by atoms with Crippen molar-refractivity contribution in [2.45, 2.75) is 6.54 Å². The summed E-state index contributed by atoms with van der Waals surface area (Å²) < 4.78 is 12.4. The van der Waals surface area contributed by atoms with Crippen molar-refractivity contribution in [3.63, 3.8) is 0 Å². The number of aryl methyl sites for hydroxylation is 1. The van der Waals surface area contributed by atoms with Crippen molar-refractivity contribution in [1.29, 1.82) is 0 Å². The van der Waals surface area contributed by atoms with Crippen LogP contribution >= 0.6 is 0 Å². The summed E-state index contributed by atoms with van der Waals surface area (Å²) in [7, 11) is 4.97. The molecule has 0 radical (unpaired) electrons. The van der Waals surface area contributed by atoms with E-state index in [1.807, 2.05) is 30.3 Å². The van der Waals surface area contributed by atoms with E-state index in [0.29, 0.717) is 46.5 Å². The highest BCUT2D eigenvalue weighted by atomic mass is 16.5. The summed E-state index contributed by atoms with van der Waals surface area (Å²) in [5, 5.41) is 8.34. The van der Waals surface area contributed by atoms with Crippen LogP contribution in [0.25, 0.3) is 22.3 Å². The first kappa shape index (κ1) is 18.5. The summed E-state index contributed by atoms with van der Waals surface area (Å²) in [6.07, 6.45) is 3.53. The number of rotatable bonds is 6. The minimum absolute atomic E-state index is 0.448. The van der Waals surface area contributed by atoms with Crippen LogP contribution in [-0.4, -0.2) is 39.0 Å². The van der Waals surface area contributed by atoms with Gasteiger partial charge in [-0.2, -0.15) is 10.1 Å². The highest BCUT2D eigenvalue weighted by Gasteiger charge is 2.18. The number of fused-ring (bicyclic) bond motifs is 1. The number of hydrogen-bond acceptors (Lipinski definition) is 8. The maximum Gasteiger partial charge on any atom is 0.225 e. The monoisotopic (exact) mass is 391 g/mol. The lowest BCUT2D eigenvalue weighted by Gasteiger charge is -2.11. The van der Waals surface area contributed by atoms with Crippen LogP contribution in [0.2, 0.25) is 0 Å². The number of pyridine rings is 1. The van der Waals surface area contributed by atoms with Crippen LogP contribution in [0.5, 0.6) is 11.5 Å². The number of ether oxygens (including phenoxy) is 2. The zero-order chi connectivity index (χ0) is 20.4. The quantitative estimate of drug-likeness (QED) is 0.516. The maximum atomic E-state index is 6.25. The SMILES string of the molecule is COc1ccc(-c2nc(NCc3cccnc3)nc3nn(C)c(N)c23)cc1OC. The highest BCUT2D eigenvalue weighted by Crippen LogP contribution is 2.36. The first-order valence-corrected chi connectivity index (χ1v) is 8.96. The van der Waals surface area contributed by atoms with Gasteiger partial charge in [-0.15, -0.1) is 0 Å². The molecule has 3 N–H and O–H groups in total. The second-order valence-electron chi connectivity index (χ2n) is 6.39. The summed E-state index contributed by atoms with van der Waals surface area (Å²) in [6, 6.07) is 9.46. The van der Waals surface area contributed by atoms with E-state index in [-0.39, 0.29) is 0 Å². The van der Waals surface area contributed by atoms with E-state index in [2.05, 4.69) is 20.4 Å². The summed E-state index contributed by atoms with van der Waals surface area (Å²) >= 11 is 0. The molecule has 0 saturated heterocycles. The van der Waals surface area contributed by atoms with Gasteiger partial charge in [-0.05, 0) is 29.8 Å². The second-order valence-corrected chi connectivity index (χ2v) is 6.39. The third kappa shape index (κ3) is 3.49. The molecule has 0 bridgehead atoms. The number of anilines is 2. The van der Waals surface area contributed by atoms with Gasteiger partial charge in [0.25, 0.3) is 0 Å². The number of nitrogens with one attached hydrogen (secondary N) is 1. The number of nitrogens with zero attached hydrogens (tertiary/aromatic N) is 5. The van der Waals surface area contributed by atoms with Crippen LogP contribution in [0.15, 0.2) is 42.7 Å². The Kier molecular flexibility index (Phi) is 4.86. The molecule has 0 spiro atoms. The normalized spacial score (nSPS) is 10.9. The van der Waals surface area contributed by atoms with Gasteiger partial charge in [0.1, 0.15) is 5.82 Å². The zero-order valence-electron chi connectivity index (χ0n) is 16.4. The van der Waals surface area contributed by atoms with E-state index in [4.69, 9.17) is 20.2 Å². The molecule has 4 aromatic rings. The van der Waals surface area contributed by atoms with Crippen molar-refractivity contribution >= 4 is 22.8 Å². The molecule has 0 aliphatic carbocycles. The lowest BCUT2D eigenvalue weighted by Crippen LogP contribution is -2.05. The first-order valence-electron chi connectivity index (χ1n) is 8.96. The molecule has 1 aromatic carbocycles. The Labute approximate surface area is 167 Å². The average molecular weight is 391 g/mol. The van der Waals surface area contributed by atoms with Gasteiger partial charge in [0.05, 0.1) is 25.3 Å². The smallest absolute Gasteiger partial charge is 0.225 e. The minimum Gasteiger partial charge on any atom is -0.493 e. The van der Waals surface area contributed by atoms with Crippen molar-refractivity contribution in [2.24, 2.45) is 7.05 Å². The number of nitrogen functional groups attached to an aromatic ring is 1. The molecule has 9 nitrogen and oxygen atoms in total. The molecule has 0 atom stereocenters. The summed E-state index contributed by atoms with van der Waals surface area (Å²) in [4.78, 5) is 13.4. The van der Waals surface area contributed by atoms with Crippen molar-refractivity contribution in [2.75, 3.05) is 25.3 Å². The van der Waals surface area contributed by atoms with Crippen LogP contribution in [0.4, 0.5) is 11.8 Å². The molecule has 3 heterocycles. The summed E-state index contributed by atoms with van der Waals surface area (Å²) in [6.45, 7) is 0.535. The maximum absolute atomic E-state index is 6.25. The number of methoxy groups -OCH3 is 2. The first-order chi connectivity index (χ1) is 14.1. The molecular weight excluding hydrogens is 370 g/mol. The van der Waals surface area contributed by atoms with E-state index < -0.39 is 0 Å². The Morgan fingerprint density at radius 2 is 1.93 bits per heavy atom. The number of nitrogens with two attached hydrogens (primary N) is 1. The Balaban J connectivity index is 1.81. The molecule has 0 aliphatic heterocycles. The lowest BCUT2D eigenvalue weighted by atomic mass is 10.1. The third-order valence-corrected chi connectivity index (χ3v) is 4.57. The van der Waals surface area contributed by atoms with Gasteiger partial charge in [-0.25, -0.2) is 4.98 Å². The van der Waals surface area contributed by atoms with Gasteiger partial charge in [-0.3, -0.25) is 9.67 Å². The molecule has 4 rings (SSSR count). The number of benzene rings is 1. The van der Waals surface area contributed by atoms with Gasteiger partial charge in [-0.1, -0.05) is 6.07 Å². The lowest BCUT2D eigenvalue weighted by molar-refractivity contribution is 0.355. The molecule has 0 amide bonds. The van der Waals surface area contributed by atoms with Crippen molar-refractivity contribution in [3.05, 3.63) is 48.3 Å². The van der Waals surface area contributed by atoms with Crippen LogP contribution in [0, 0.1) is 0 Å². The molecule has 0 aliphatic rings. The Hall–Kier alpha value is -3.88. The molecule has 148 valence electrons. The molecule has 0 fully saturated rings. The Morgan fingerprint density at radius 3 is 2.66 bits per heavy atom. The minimum atomic E-state index is 0.448. The van der Waals surface area contributed by atoms with Crippen molar-refractivity contribution in [1.82, 2.24) is 24.7 Å². The predicted octanol–water partition coefficient (Wildman–Crippen LogP) is 2.64. The molecule has 29 heavy (non-hydrogen) atoms. The Morgan fingerprint density at radius 1 is 1.10 bits per heavy atom. The van der Waals surface area contributed by atoms with Crippen LogP contribution in [0.3, 0.4) is 0 Å². The standard InChI is InChI=1S/C20H21N7O2/c1-27-18(21)16-17(13-6-7-14(28-2)15(9-13)29-3)24-20(25-19(16)26-27)23-11-12-5-4-8-22-10-12/h4-10H,11,21H2,1-3H3,(H,23,25,26). The number of aromatic nitrogens is 5. The van der Waals surface area contributed by atoms with Crippen molar-refractivity contribution in [3.8, 4) is 22.8 Å². The highest BCUT2D eigenvalue weighted by molar-refractivity contribution is 5.99. The van der Waals surface area contributed by atoms with E-state index in [1.54, 1.807) is 38.3 Å². The molecule has 3 aromatic heterocycles. The largest absolute Gasteiger partial charge is 0.493 e. The summed E-state index contributed by atoms with van der Waals surface area (Å²) in [5.74, 6) is 2.17. The van der Waals surface area contributed by atoms with Gasteiger partial charge >= 0.3 is 0 Å². The third-order valence-electron chi connectivity index (χ3n) is 4.57. The molecule has 9 heteroatoms. The molecule has 0 saturated carbocycles. The van der Waals surface area contributed by atoms with Gasteiger partial charge in [0.2, 0.25) is 5.95 Å². The van der Waals surface area contributed by atoms with Gasteiger partial charge < -0.3 is 20.5 Å². The molecular formula is C20H21N7O2. The molecule has 0 unspecified atom stereocenters. The van der Waals surface area contributed by atoms with E-state index >= 15 is 0 Å². The predicted molar refractivity (Wildman–Crippen MR) is 111 cm³/mol. The fraction of sp³-hybridized carbons (Fsp3) is 0.200. The zero-order valence-corrected chi connectivity index (χ0v) is 16.4. The van der Waals surface area contributed by atoms with Crippen LogP contribution < -0.4 is 20.5 Å². The van der Waals surface area contributed by atoms with Gasteiger partial charge in [0.15, 0.2) is 17.1 Å². The topological polar surface area (TPSA) is 113 Å². The summed E-state index contributed by atoms with van der Waals surface area (Å²) in [5.41, 5.74) is 9.27. The van der Waals surface area contributed by atoms with Gasteiger partial charge in [0, 0.05) is 31.5 Å². The average Bonchev–Trinajstić information content (AvgIpc) is 3.05. The van der Waals surface area contributed by atoms with Crippen LogP contribution in [-0.2, 0) is 13.6 Å². The van der Waals surface area contributed by atoms with Crippen molar-refractivity contribution < 1.29 is 9.47 Å². The second kappa shape index (κ2) is 7.63. The number of hydrogen-bond donors (Lipinski definition) is 2. The van der Waals surface area contributed by atoms with E-state index in [9.17, 15) is 0 Å². The fourth-order valence-electron chi connectivity index (χ4n) is 3.07.